The van der Waals surface area contributed by atoms with Crippen LogP contribution in [-0.2, 0) is 0 Å². The first-order valence-corrected chi connectivity index (χ1v) is 7.48. The van der Waals surface area contributed by atoms with Gasteiger partial charge < -0.3 is 0 Å². The summed E-state index contributed by atoms with van der Waals surface area (Å²) in [6.07, 6.45) is 0. The number of aryl methyl sites for hydroxylation is 1. The molecule has 0 unspecified atom stereocenters. The molecule has 0 atom stereocenters. The van der Waals surface area contributed by atoms with Crippen LogP contribution >= 0.6 is 38.9 Å². The van der Waals surface area contributed by atoms with Crippen molar-refractivity contribution in [2.45, 2.75) is 6.92 Å². The molecule has 19 heavy (non-hydrogen) atoms. The molecule has 2 nitrogen and oxygen atoms in total. The molecule has 0 aliphatic carbocycles. The highest BCUT2D eigenvalue weighted by Crippen LogP contribution is 2.32. The summed E-state index contributed by atoms with van der Waals surface area (Å²) in [5, 5.41) is 2.71. The van der Waals surface area contributed by atoms with Crippen LogP contribution in [0.3, 0.4) is 0 Å². The number of benzene rings is 1. The molecule has 0 fully saturated rings. The van der Waals surface area contributed by atoms with Gasteiger partial charge in [0.1, 0.15) is 10.7 Å². The molecule has 6 heteroatoms. The number of hydrogen-bond donors (Lipinski definition) is 0. The van der Waals surface area contributed by atoms with Crippen molar-refractivity contribution in [2.75, 3.05) is 0 Å². The molecule has 0 aliphatic rings. The smallest absolute Gasteiger partial charge is 0.171 e. The molecule has 0 saturated carbocycles. The monoisotopic (exact) mass is 356 g/mol. The molecular formula is C13H7BrClFN2S. The van der Waals surface area contributed by atoms with Crippen LogP contribution in [0.5, 0.6) is 0 Å². The van der Waals surface area contributed by atoms with Crippen LogP contribution in [0.15, 0.2) is 28.1 Å². The Morgan fingerprint density at radius 2 is 2.11 bits per heavy atom. The van der Waals surface area contributed by atoms with Gasteiger partial charge in [-0.3, -0.25) is 0 Å². The Hall–Kier alpha value is -1.04. The molecule has 96 valence electrons. The van der Waals surface area contributed by atoms with Crippen molar-refractivity contribution in [1.82, 2.24) is 9.97 Å². The van der Waals surface area contributed by atoms with E-state index in [9.17, 15) is 4.39 Å². The first-order valence-electron chi connectivity index (χ1n) is 5.43. The predicted octanol–water partition coefficient (Wildman–Crippen LogP) is 5.22. The molecular weight excluding hydrogens is 351 g/mol. The fraction of sp³-hybridized carbons (Fsp3) is 0.0769. The van der Waals surface area contributed by atoms with E-state index < -0.39 is 5.82 Å². The van der Waals surface area contributed by atoms with Crippen LogP contribution in [0.1, 0.15) is 5.56 Å². The fourth-order valence-corrected chi connectivity index (χ4v) is 3.34. The van der Waals surface area contributed by atoms with Gasteiger partial charge in [0.15, 0.2) is 11.6 Å². The Morgan fingerprint density at radius 1 is 1.32 bits per heavy atom. The van der Waals surface area contributed by atoms with Gasteiger partial charge in [0.2, 0.25) is 0 Å². The van der Waals surface area contributed by atoms with Crippen LogP contribution in [0, 0.1) is 12.7 Å². The first-order chi connectivity index (χ1) is 9.06. The Labute approximate surface area is 126 Å². The Balaban J connectivity index is 2.34. The predicted molar refractivity (Wildman–Crippen MR) is 80.3 cm³/mol. The second-order valence-electron chi connectivity index (χ2n) is 4.05. The van der Waals surface area contributed by atoms with Crippen molar-refractivity contribution in [3.8, 4) is 10.7 Å². The minimum Gasteiger partial charge on any atom is -0.224 e. The molecule has 0 radical (unpaired) electrons. The Morgan fingerprint density at radius 3 is 2.79 bits per heavy atom. The maximum atomic E-state index is 14.0. The quantitative estimate of drug-likeness (QED) is 0.558. The summed E-state index contributed by atoms with van der Waals surface area (Å²) in [6, 6.07) is 5.06. The highest BCUT2D eigenvalue weighted by molar-refractivity contribution is 9.10. The van der Waals surface area contributed by atoms with E-state index in [1.165, 1.54) is 17.4 Å². The third-order valence-corrected chi connectivity index (χ3v) is 4.50. The maximum Gasteiger partial charge on any atom is 0.171 e. The minimum absolute atomic E-state index is 0.242. The first kappa shape index (κ1) is 13.0. The summed E-state index contributed by atoms with van der Waals surface area (Å²) in [6.45, 7) is 1.96. The SMILES string of the molecule is Cc1ccsc1-c1nc(Cl)c2cc(Br)cc(F)c2n1. The minimum atomic E-state index is -0.413. The number of hydrogen-bond acceptors (Lipinski definition) is 3. The van der Waals surface area contributed by atoms with Gasteiger partial charge in [0.05, 0.1) is 4.88 Å². The lowest BCUT2D eigenvalue weighted by Crippen LogP contribution is -1.94. The highest BCUT2D eigenvalue weighted by atomic mass is 79.9. The normalized spacial score (nSPS) is 11.2. The van der Waals surface area contributed by atoms with Gasteiger partial charge in [0.25, 0.3) is 0 Å². The number of aromatic nitrogens is 2. The summed E-state index contributed by atoms with van der Waals surface area (Å²) < 4.78 is 14.6. The van der Waals surface area contributed by atoms with Gasteiger partial charge in [-0.05, 0) is 36.1 Å². The van der Waals surface area contributed by atoms with E-state index >= 15 is 0 Å². The third-order valence-electron chi connectivity index (χ3n) is 2.74. The van der Waals surface area contributed by atoms with Crippen LogP contribution in [-0.4, -0.2) is 9.97 Å². The lowest BCUT2D eigenvalue weighted by atomic mass is 10.2. The molecule has 0 aliphatic heterocycles. The van der Waals surface area contributed by atoms with E-state index in [0.29, 0.717) is 15.7 Å². The molecule has 3 rings (SSSR count). The van der Waals surface area contributed by atoms with Crippen LogP contribution in [0.25, 0.3) is 21.6 Å². The summed E-state index contributed by atoms with van der Waals surface area (Å²) in [5.74, 6) is 0.0513. The lowest BCUT2D eigenvalue weighted by molar-refractivity contribution is 0.636. The largest absolute Gasteiger partial charge is 0.224 e. The number of fused-ring (bicyclic) bond motifs is 1. The highest BCUT2D eigenvalue weighted by Gasteiger charge is 2.14. The van der Waals surface area contributed by atoms with Gasteiger partial charge in [-0.25, -0.2) is 14.4 Å². The second-order valence-corrected chi connectivity index (χ2v) is 6.24. The fourth-order valence-electron chi connectivity index (χ4n) is 1.82. The van der Waals surface area contributed by atoms with E-state index in [2.05, 4.69) is 25.9 Å². The van der Waals surface area contributed by atoms with E-state index in [1.54, 1.807) is 6.07 Å². The number of nitrogens with zero attached hydrogens (tertiary/aromatic N) is 2. The average molecular weight is 358 g/mol. The number of rotatable bonds is 1. The molecule has 2 heterocycles. The van der Waals surface area contributed by atoms with E-state index in [1.807, 2.05) is 18.4 Å². The zero-order valence-corrected chi connectivity index (χ0v) is 12.9. The molecule has 0 saturated heterocycles. The lowest BCUT2D eigenvalue weighted by Gasteiger charge is -2.05. The van der Waals surface area contributed by atoms with Gasteiger partial charge in [-0.15, -0.1) is 11.3 Å². The van der Waals surface area contributed by atoms with E-state index in [4.69, 9.17) is 11.6 Å². The average Bonchev–Trinajstić information content (AvgIpc) is 2.76. The van der Waals surface area contributed by atoms with Gasteiger partial charge in [0, 0.05) is 9.86 Å². The molecule has 0 amide bonds. The van der Waals surface area contributed by atoms with Crippen LogP contribution < -0.4 is 0 Å². The summed E-state index contributed by atoms with van der Waals surface area (Å²) >= 11 is 10.9. The van der Waals surface area contributed by atoms with Gasteiger partial charge in [-0.1, -0.05) is 27.5 Å². The van der Waals surface area contributed by atoms with Crippen molar-refractivity contribution in [2.24, 2.45) is 0 Å². The van der Waals surface area contributed by atoms with Gasteiger partial charge >= 0.3 is 0 Å². The van der Waals surface area contributed by atoms with Gasteiger partial charge in [-0.2, -0.15) is 0 Å². The zero-order valence-electron chi connectivity index (χ0n) is 9.75. The molecule has 0 bridgehead atoms. The molecule has 2 aromatic heterocycles. The summed E-state index contributed by atoms with van der Waals surface area (Å²) in [4.78, 5) is 9.47. The molecule has 3 aromatic rings. The standard InChI is InChI=1S/C13H7BrClFN2S/c1-6-2-3-19-11(6)13-17-10-8(12(15)18-13)4-7(14)5-9(10)16/h2-5H,1H3. The van der Waals surface area contributed by atoms with E-state index in [0.717, 1.165) is 10.4 Å². The van der Waals surface area contributed by atoms with Crippen molar-refractivity contribution < 1.29 is 4.39 Å². The zero-order chi connectivity index (χ0) is 13.6. The Bertz CT molecular complexity index is 788. The van der Waals surface area contributed by atoms with Crippen LogP contribution in [0.2, 0.25) is 5.15 Å². The maximum absolute atomic E-state index is 14.0. The van der Waals surface area contributed by atoms with E-state index in [-0.39, 0.29) is 10.7 Å². The van der Waals surface area contributed by atoms with Crippen molar-refractivity contribution in [1.29, 1.82) is 0 Å². The van der Waals surface area contributed by atoms with Crippen molar-refractivity contribution >= 4 is 49.8 Å². The topological polar surface area (TPSA) is 25.8 Å². The molecule has 0 spiro atoms. The second kappa shape index (κ2) is 4.81. The third kappa shape index (κ3) is 2.26. The van der Waals surface area contributed by atoms with Crippen molar-refractivity contribution in [3.05, 3.63) is 44.6 Å². The summed E-state index contributed by atoms with van der Waals surface area (Å²) in [7, 11) is 0. The summed E-state index contributed by atoms with van der Waals surface area (Å²) in [5.41, 5.74) is 1.30. The Kier molecular flexibility index (Phi) is 3.28. The molecule has 0 N–H and O–H groups in total. The number of halogens is 3. The molecule has 1 aromatic carbocycles. The number of thiophene rings is 1. The van der Waals surface area contributed by atoms with Crippen molar-refractivity contribution in [3.63, 3.8) is 0 Å². The van der Waals surface area contributed by atoms with Crippen LogP contribution in [0.4, 0.5) is 4.39 Å².